The zero-order valence-electron chi connectivity index (χ0n) is 14.8. The van der Waals surface area contributed by atoms with Crippen LogP contribution >= 0.6 is 23.1 Å². The average Bonchev–Trinajstić information content (AvgIpc) is 3.13. The van der Waals surface area contributed by atoms with Gasteiger partial charge in [0.15, 0.2) is 0 Å². The number of rotatable bonds is 6. The highest BCUT2D eigenvalue weighted by atomic mass is 32.2. The highest BCUT2D eigenvalue weighted by molar-refractivity contribution is 7.99. The molecule has 24 heavy (non-hydrogen) atoms. The molecular weight excluding hydrogens is 340 g/mol. The number of fused-ring (bicyclic) bond motifs is 1. The van der Waals surface area contributed by atoms with Crippen LogP contribution in [-0.4, -0.2) is 54.2 Å². The summed E-state index contributed by atoms with van der Waals surface area (Å²) < 4.78 is 6.03. The number of ether oxygens (including phenoxy) is 1. The highest BCUT2D eigenvalue weighted by Crippen LogP contribution is 2.43. The molecule has 4 nitrogen and oxygen atoms in total. The number of carbonyl (C=O) groups excluding carboxylic acids is 1. The summed E-state index contributed by atoms with van der Waals surface area (Å²) in [5, 5.41) is 5.40. The Bertz CT molecular complexity index is 577. The molecule has 2 heterocycles. The second kappa shape index (κ2) is 7.77. The lowest BCUT2D eigenvalue weighted by Gasteiger charge is -2.44. The van der Waals surface area contributed by atoms with Gasteiger partial charge in [0, 0.05) is 37.2 Å². The molecule has 1 aliphatic heterocycles. The maximum Gasteiger partial charge on any atom is 0.230 e. The number of amides is 1. The predicted octanol–water partition coefficient (Wildman–Crippen LogP) is 3.05. The van der Waals surface area contributed by atoms with E-state index in [-0.39, 0.29) is 17.6 Å². The fraction of sp³-hybridized carbons (Fsp3) is 0.722. The van der Waals surface area contributed by atoms with E-state index in [0.29, 0.717) is 11.8 Å². The molecule has 0 spiro atoms. The Labute approximate surface area is 153 Å². The van der Waals surface area contributed by atoms with E-state index in [0.717, 1.165) is 38.8 Å². The van der Waals surface area contributed by atoms with E-state index in [1.165, 1.54) is 10.4 Å². The SMILES string of the molecule is CO[C@@]12CC[C@@H](NC(=O)CSC)C[C@@H]1N(Cc1sccc1C)CC2. The van der Waals surface area contributed by atoms with E-state index in [9.17, 15) is 4.79 Å². The lowest BCUT2D eigenvalue weighted by atomic mass is 9.78. The van der Waals surface area contributed by atoms with Crippen molar-refractivity contribution >= 4 is 29.0 Å². The largest absolute Gasteiger partial charge is 0.377 e. The van der Waals surface area contributed by atoms with Gasteiger partial charge in [0.1, 0.15) is 0 Å². The number of nitrogens with one attached hydrogen (secondary N) is 1. The Morgan fingerprint density at radius 1 is 1.54 bits per heavy atom. The number of thiophene rings is 1. The fourth-order valence-corrected chi connectivity index (χ4v) is 5.54. The van der Waals surface area contributed by atoms with E-state index in [4.69, 9.17) is 4.74 Å². The maximum atomic E-state index is 12.0. The van der Waals surface area contributed by atoms with Crippen LogP contribution in [0.3, 0.4) is 0 Å². The summed E-state index contributed by atoms with van der Waals surface area (Å²) in [4.78, 5) is 16.0. The van der Waals surface area contributed by atoms with Gasteiger partial charge in [-0.05, 0) is 55.9 Å². The minimum atomic E-state index is -0.0219. The van der Waals surface area contributed by atoms with Crippen LogP contribution in [0.2, 0.25) is 0 Å². The smallest absolute Gasteiger partial charge is 0.230 e. The molecule has 2 aliphatic rings. The number of aryl methyl sites for hydroxylation is 1. The van der Waals surface area contributed by atoms with Crippen molar-refractivity contribution in [1.29, 1.82) is 0 Å². The first-order valence-corrected chi connectivity index (χ1v) is 11.0. The molecule has 6 heteroatoms. The fourth-order valence-electron chi connectivity index (χ4n) is 4.26. The Morgan fingerprint density at radius 3 is 3.04 bits per heavy atom. The number of hydrogen-bond donors (Lipinski definition) is 1. The van der Waals surface area contributed by atoms with Gasteiger partial charge >= 0.3 is 0 Å². The number of nitrogens with zero attached hydrogens (tertiary/aromatic N) is 1. The minimum Gasteiger partial charge on any atom is -0.377 e. The summed E-state index contributed by atoms with van der Waals surface area (Å²) >= 11 is 3.43. The van der Waals surface area contributed by atoms with Gasteiger partial charge in [-0.2, -0.15) is 11.8 Å². The van der Waals surface area contributed by atoms with Crippen LogP contribution in [0.15, 0.2) is 11.4 Å². The third-order valence-electron chi connectivity index (χ3n) is 5.66. The Kier molecular flexibility index (Phi) is 5.90. The Hall–Kier alpha value is -0.560. The molecule has 1 saturated heterocycles. The third kappa shape index (κ3) is 3.66. The molecule has 0 radical (unpaired) electrons. The molecule has 134 valence electrons. The molecule has 0 aromatic carbocycles. The quantitative estimate of drug-likeness (QED) is 0.838. The summed E-state index contributed by atoms with van der Waals surface area (Å²) in [6.45, 7) is 4.28. The number of hydrogen-bond acceptors (Lipinski definition) is 5. The van der Waals surface area contributed by atoms with Gasteiger partial charge in [-0.3, -0.25) is 9.69 Å². The summed E-state index contributed by atoms with van der Waals surface area (Å²) in [5.74, 6) is 0.713. The molecule has 3 atom stereocenters. The first kappa shape index (κ1) is 18.2. The minimum absolute atomic E-state index is 0.0219. The van der Waals surface area contributed by atoms with E-state index in [2.05, 4.69) is 28.6 Å². The molecule has 2 fully saturated rings. The van der Waals surface area contributed by atoms with Crippen molar-refractivity contribution in [2.45, 2.75) is 56.8 Å². The van der Waals surface area contributed by atoms with E-state index in [1.807, 2.05) is 24.7 Å². The number of likely N-dealkylation sites (tertiary alicyclic amines) is 1. The monoisotopic (exact) mass is 368 g/mol. The zero-order chi connectivity index (χ0) is 17.2. The van der Waals surface area contributed by atoms with Crippen LogP contribution in [0, 0.1) is 6.92 Å². The normalized spacial score (nSPS) is 30.3. The lowest BCUT2D eigenvalue weighted by molar-refractivity contribution is -0.120. The molecule has 1 saturated carbocycles. The van der Waals surface area contributed by atoms with Crippen LogP contribution < -0.4 is 5.32 Å². The second-order valence-electron chi connectivity index (χ2n) is 7.00. The predicted molar refractivity (Wildman–Crippen MR) is 102 cm³/mol. The molecule has 1 N–H and O–H groups in total. The van der Waals surface area contributed by atoms with Gasteiger partial charge in [-0.15, -0.1) is 11.3 Å². The molecule has 0 unspecified atom stereocenters. The van der Waals surface area contributed by atoms with Crippen molar-refractivity contribution in [3.05, 3.63) is 21.9 Å². The first-order chi connectivity index (χ1) is 11.6. The van der Waals surface area contributed by atoms with Crippen molar-refractivity contribution in [3.63, 3.8) is 0 Å². The van der Waals surface area contributed by atoms with Crippen LogP contribution in [0.4, 0.5) is 0 Å². The van der Waals surface area contributed by atoms with Gasteiger partial charge in [-0.1, -0.05) is 0 Å². The summed E-state index contributed by atoms with van der Waals surface area (Å²) in [7, 11) is 1.86. The average molecular weight is 369 g/mol. The van der Waals surface area contributed by atoms with Gasteiger partial charge < -0.3 is 10.1 Å². The Morgan fingerprint density at radius 2 is 2.38 bits per heavy atom. The molecule has 1 aromatic heterocycles. The first-order valence-electron chi connectivity index (χ1n) is 8.68. The summed E-state index contributed by atoms with van der Waals surface area (Å²) in [5.41, 5.74) is 1.36. The van der Waals surface area contributed by atoms with E-state index >= 15 is 0 Å². The van der Waals surface area contributed by atoms with Crippen LogP contribution in [0.5, 0.6) is 0 Å². The maximum absolute atomic E-state index is 12.0. The lowest BCUT2D eigenvalue weighted by Crippen LogP contribution is -2.54. The van der Waals surface area contributed by atoms with E-state index in [1.54, 1.807) is 11.8 Å². The molecule has 0 bridgehead atoms. The second-order valence-corrected chi connectivity index (χ2v) is 8.87. The zero-order valence-corrected chi connectivity index (χ0v) is 16.5. The third-order valence-corrected chi connectivity index (χ3v) is 7.21. The van der Waals surface area contributed by atoms with Crippen LogP contribution in [0.1, 0.15) is 36.1 Å². The summed E-state index contributed by atoms with van der Waals surface area (Å²) in [6.07, 6.45) is 6.13. The number of methoxy groups -OCH3 is 1. The van der Waals surface area contributed by atoms with Crippen molar-refractivity contribution in [2.75, 3.05) is 25.7 Å². The molecule has 1 aliphatic carbocycles. The topological polar surface area (TPSA) is 41.6 Å². The molecule has 1 aromatic rings. The van der Waals surface area contributed by atoms with Crippen molar-refractivity contribution in [3.8, 4) is 0 Å². The Balaban J connectivity index is 1.69. The van der Waals surface area contributed by atoms with Gasteiger partial charge in [-0.25, -0.2) is 0 Å². The van der Waals surface area contributed by atoms with Crippen molar-refractivity contribution < 1.29 is 9.53 Å². The number of carbonyl (C=O) groups is 1. The number of thioether (sulfide) groups is 1. The van der Waals surface area contributed by atoms with Gasteiger partial charge in [0.05, 0.1) is 11.4 Å². The standard InChI is InChI=1S/C18H28N2O2S2/c1-13-5-9-24-15(13)11-20-8-7-18(22-2)6-4-14(10-16(18)20)19-17(21)12-23-3/h5,9,14,16H,4,6-8,10-12H2,1-3H3,(H,19,21)/t14-,16+,18-/m1/s1. The van der Waals surface area contributed by atoms with Gasteiger partial charge in [0.25, 0.3) is 0 Å². The van der Waals surface area contributed by atoms with Crippen LogP contribution in [0.25, 0.3) is 0 Å². The molecule has 1 amide bonds. The van der Waals surface area contributed by atoms with Crippen LogP contribution in [-0.2, 0) is 16.1 Å². The summed E-state index contributed by atoms with van der Waals surface area (Å²) in [6, 6.07) is 2.88. The van der Waals surface area contributed by atoms with Crippen molar-refractivity contribution in [1.82, 2.24) is 10.2 Å². The molecule has 3 rings (SSSR count). The van der Waals surface area contributed by atoms with Gasteiger partial charge in [0.2, 0.25) is 5.91 Å². The highest BCUT2D eigenvalue weighted by Gasteiger charge is 2.51. The van der Waals surface area contributed by atoms with E-state index < -0.39 is 0 Å². The van der Waals surface area contributed by atoms with Crippen molar-refractivity contribution in [2.24, 2.45) is 0 Å². The molecular formula is C18H28N2O2S2.